The van der Waals surface area contributed by atoms with Crippen molar-refractivity contribution in [3.05, 3.63) is 36.0 Å². The first-order valence-corrected chi connectivity index (χ1v) is 6.44. The Hall–Kier alpha value is -1.61. The van der Waals surface area contributed by atoms with E-state index < -0.39 is 0 Å². The Morgan fingerprint density at radius 2 is 2.00 bits per heavy atom. The summed E-state index contributed by atoms with van der Waals surface area (Å²) in [5.41, 5.74) is 1.20. The molecule has 3 nitrogen and oxygen atoms in total. The van der Waals surface area contributed by atoms with E-state index in [2.05, 4.69) is 42.3 Å². The van der Waals surface area contributed by atoms with Crippen molar-refractivity contribution in [3.63, 3.8) is 0 Å². The molecule has 1 unspecified atom stereocenters. The summed E-state index contributed by atoms with van der Waals surface area (Å²) >= 11 is 0. The van der Waals surface area contributed by atoms with Gasteiger partial charge in [0.1, 0.15) is 0 Å². The molecule has 0 aliphatic heterocycles. The minimum Gasteiger partial charge on any atom is -0.474 e. The van der Waals surface area contributed by atoms with Crippen LogP contribution in [-0.2, 0) is 6.54 Å². The van der Waals surface area contributed by atoms with E-state index in [1.165, 1.54) is 10.9 Å². The number of fused-ring (bicyclic) bond motifs is 1. The zero-order chi connectivity index (χ0) is 13.0. The Balaban J connectivity index is 2.46. The summed E-state index contributed by atoms with van der Waals surface area (Å²) in [7, 11) is 1.94. The molecule has 1 aromatic heterocycles. The Bertz CT molecular complexity index is 525. The lowest BCUT2D eigenvalue weighted by Gasteiger charge is -2.15. The molecule has 1 N–H and O–H groups in total. The van der Waals surface area contributed by atoms with Crippen LogP contribution >= 0.6 is 0 Å². The van der Waals surface area contributed by atoms with Gasteiger partial charge in [0.15, 0.2) is 0 Å². The number of rotatable bonds is 5. The highest BCUT2D eigenvalue weighted by molar-refractivity contribution is 5.89. The van der Waals surface area contributed by atoms with Crippen molar-refractivity contribution < 1.29 is 4.74 Å². The van der Waals surface area contributed by atoms with Gasteiger partial charge in [0.2, 0.25) is 5.88 Å². The van der Waals surface area contributed by atoms with E-state index in [0.29, 0.717) is 0 Å². The summed E-state index contributed by atoms with van der Waals surface area (Å²) in [6, 6.07) is 8.26. The number of pyridine rings is 1. The van der Waals surface area contributed by atoms with Crippen LogP contribution in [0.5, 0.6) is 5.88 Å². The van der Waals surface area contributed by atoms with Gasteiger partial charge in [-0.3, -0.25) is 0 Å². The van der Waals surface area contributed by atoms with Crippen LogP contribution in [0.2, 0.25) is 0 Å². The Morgan fingerprint density at radius 3 is 2.67 bits per heavy atom. The highest BCUT2D eigenvalue weighted by atomic mass is 16.5. The minimum atomic E-state index is 0.191. The first kappa shape index (κ1) is 12.8. The molecule has 2 aromatic rings. The molecule has 0 radical (unpaired) electrons. The van der Waals surface area contributed by atoms with Crippen molar-refractivity contribution in [1.29, 1.82) is 0 Å². The van der Waals surface area contributed by atoms with E-state index in [1.54, 1.807) is 0 Å². The van der Waals surface area contributed by atoms with Crippen molar-refractivity contribution in [3.8, 4) is 5.88 Å². The van der Waals surface area contributed by atoms with Crippen LogP contribution in [0.25, 0.3) is 10.8 Å². The fourth-order valence-corrected chi connectivity index (χ4v) is 1.92. The maximum atomic E-state index is 5.88. The second kappa shape index (κ2) is 5.83. The number of aromatic nitrogens is 1. The maximum absolute atomic E-state index is 5.88. The third-order valence-corrected chi connectivity index (χ3v) is 3.10. The van der Waals surface area contributed by atoms with E-state index in [4.69, 9.17) is 4.74 Å². The summed E-state index contributed by atoms with van der Waals surface area (Å²) in [6.07, 6.45) is 3.07. The summed E-state index contributed by atoms with van der Waals surface area (Å²) in [6.45, 7) is 5.00. The molecule has 0 saturated carbocycles. The summed E-state index contributed by atoms with van der Waals surface area (Å²) in [5.74, 6) is 0.736. The monoisotopic (exact) mass is 244 g/mol. The Morgan fingerprint density at radius 1 is 1.28 bits per heavy atom. The van der Waals surface area contributed by atoms with Gasteiger partial charge < -0.3 is 10.1 Å². The quantitative estimate of drug-likeness (QED) is 0.877. The van der Waals surface area contributed by atoms with Crippen LogP contribution in [0, 0.1) is 0 Å². The number of ether oxygens (including phenoxy) is 1. The lowest BCUT2D eigenvalue weighted by atomic mass is 10.1. The smallest absolute Gasteiger partial charge is 0.221 e. The zero-order valence-corrected chi connectivity index (χ0v) is 11.2. The Labute approximate surface area is 108 Å². The molecular formula is C15H20N2O. The first-order valence-electron chi connectivity index (χ1n) is 6.44. The molecule has 1 heterocycles. The van der Waals surface area contributed by atoms with Gasteiger partial charge in [0.05, 0.1) is 6.10 Å². The number of nitrogens with one attached hydrogen (secondary N) is 1. The molecule has 0 aliphatic carbocycles. The molecule has 18 heavy (non-hydrogen) atoms. The third kappa shape index (κ3) is 2.62. The van der Waals surface area contributed by atoms with Crippen molar-refractivity contribution in [1.82, 2.24) is 10.3 Å². The van der Waals surface area contributed by atoms with Crippen molar-refractivity contribution >= 4 is 10.8 Å². The van der Waals surface area contributed by atoms with Crippen molar-refractivity contribution in [2.75, 3.05) is 7.05 Å². The standard InChI is InChI=1S/C15H20N2O/c1-4-11(2)18-15-14-8-6-5-7-13(14)12(9-16-3)10-17-15/h5-8,10-11,16H,4,9H2,1-3H3. The number of hydrogen-bond donors (Lipinski definition) is 1. The first-order chi connectivity index (χ1) is 8.76. The van der Waals surface area contributed by atoms with Gasteiger partial charge in [-0.25, -0.2) is 4.98 Å². The highest BCUT2D eigenvalue weighted by Gasteiger charge is 2.09. The summed E-state index contributed by atoms with van der Waals surface area (Å²) in [5, 5.41) is 5.46. The number of benzene rings is 1. The zero-order valence-electron chi connectivity index (χ0n) is 11.2. The molecule has 96 valence electrons. The molecule has 1 atom stereocenters. The fourth-order valence-electron chi connectivity index (χ4n) is 1.92. The molecular weight excluding hydrogens is 224 g/mol. The van der Waals surface area contributed by atoms with Gasteiger partial charge in [-0.2, -0.15) is 0 Å². The average molecular weight is 244 g/mol. The third-order valence-electron chi connectivity index (χ3n) is 3.10. The van der Waals surface area contributed by atoms with Gasteiger partial charge in [0.25, 0.3) is 0 Å². The largest absolute Gasteiger partial charge is 0.474 e. The second-order valence-corrected chi connectivity index (χ2v) is 4.50. The van der Waals surface area contributed by atoms with Crippen molar-refractivity contribution in [2.45, 2.75) is 32.9 Å². The molecule has 0 bridgehead atoms. The Kier molecular flexibility index (Phi) is 4.15. The van der Waals surface area contributed by atoms with E-state index >= 15 is 0 Å². The molecule has 2 rings (SSSR count). The lowest BCUT2D eigenvalue weighted by Crippen LogP contribution is -2.12. The van der Waals surface area contributed by atoms with E-state index in [-0.39, 0.29) is 6.10 Å². The molecule has 3 heteroatoms. The van der Waals surface area contributed by atoms with Gasteiger partial charge in [-0.15, -0.1) is 0 Å². The summed E-state index contributed by atoms with van der Waals surface area (Å²) in [4.78, 5) is 4.45. The highest BCUT2D eigenvalue weighted by Crippen LogP contribution is 2.27. The molecule has 0 saturated heterocycles. The molecule has 1 aromatic carbocycles. The normalized spacial score (nSPS) is 12.6. The molecule has 0 fully saturated rings. The van der Waals surface area contributed by atoms with Crippen LogP contribution in [0.1, 0.15) is 25.8 Å². The van der Waals surface area contributed by atoms with Crippen LogP contribution in [-0.4, -0.2) is 18.1 Å². The fraction of sp³-hybridized carbons (Fsp3) is 0.400. The van der Waals surface area contributed by atoms with Crippen LogP contribution in [0.4, 0.5) is 0 Å². The van der Waals surface area contributed by atoms with Crippen LogP contribution in [0.15, 0.2) is 30.5 Å². The number of hydrogen-bond acceptors (Lipinski definition) is 3. The molecule has 0 amide bonds. The van der Waals surface area contributed by atoms with Crippen LogP contribution in [0.3, 0.4) is 0 Å². The number of nitrogens with zero attached hydrogens (tertiary/aromatic N) is 1. The molecule has 0 aliphatic rings. The predicted octanol–water partition coefficient (Wildman–Crippen LogP) is 3.13. The van der Waals surface area contributed by atoms with Crippen molar-refractivity contribution in [2.24, 2.45) is 0 Å². The van der Waals surface area contributed by atoms with Gasteiger partial charge >= 0.3 is 0 Å². The van der Waals surface area contributed by atoms with Gasteiger partial charge in [-0.1, -0.05) is 25.1 Å². The van der Waals surface area contributed by atoms with E-state index in [9.17, 15) is 0 Å². The average Bonchev–Trinajstić information content (AvgIpc) is 2.41. The molecule has 0 spiro atoms. The van der Waals surface area contributed by atoms with Gasteiger partial charge in [-0.05, 0) is 37.4 Å². The van der Waals surface area contributed by atoms with Crippen LogP contribution < -0.4 is 10.1 Å². The maximum Gasteiger partial charge on any atom is 0.221 e. The summed E-state index contributed by atoms with van der Waals surface area (Å²) < 4.78 is 5.88. The topological polar surface area (TPSA) is 34.1 Å². The minimum absolute atomic E-state index is 0.191. The van der Waals surface area contributed by atoms with E-state index in [1.807, 2.05) is 19.3 Å². The SMILES string of the molecule is CCC(C)Oc1ncc(CNC)c2ccccc12. The van der Waals surface area contributed by atoms with E-state index in [0.717, 1.165) is 24.2 Å². The predicted molar refractivity (Wildman–Crippen MR) is 74.9 cm³/mol. The van der Waals surface area contributed by atoms with Gasteiger partial charge in [0, 0.05) is 18.1 Å². The second-order valence-electron chi connectivity index (χ2n) is 4.50. The lowest BCUT2D eigenvalue weighted by molar-refractivity contribution is 0.211.